The highest BCUT2D eigenvalue weighted by Crippen LogP contribution is 2.19. The average molecular weight is 634 g/mol. The van der Waals surface area contributed by atoms with E-state index in [4.69, 9.17) is 9.84 Å². The van der Waals surface area contributed by atoms with Crippen molar-refractivity contribution < 1.29 is 24.2 Å². The first-order chi connectivity index (χ1) is 22.0. The van der Waals surface area contributed by atoms with Gasteiger partial charge in [-0.3, -0.25) is 14.4 Å². The number of unbranched alkanes of at least 4 members (excludes halogenated alkanes) is 19. The zero-order chi connectivity index (χ0) is 33.1. The van der Waals surface area contributed by atoms with Crippen LogP contribution in [0, 0.1) is 0 Å². The third-order valence-corrected chi connectivity index (χ3v) is 8.36. The summed E-state index contributed by atoms with van der Waals surface area (Å²) in [7, 11) is 0. The molecule has 0 rings (SSSR count). The SMILES string of the molecule is CCC/C=C\C/C=C\CCCCCCCC(=O)OC(CCCCCCCCCCCC)CCCCCCCC(=O)NCC(=O)O. The standard InChI is InChI=1S/C39H71NO5/c1-3-5-7-9-11-13-15-16-17-19-21-26-30-34-39(44)45-36(31-27-23-20-18-14-12-10-8-6-4-2)32-28-24-22-25-29-33-37(41)40-35-38(42)43/h7,9,13,15,36H,3-6,8,10-12,14,16-35H2,1-2H3,(H,40,41)(H,42,43)/b9-7-,15-13-. The zero-order valence-corrected chi connectivity index (χ0v) is 29.5. The number of ether oxygens (including phenoxy) is 1. The molecule has 0 aliphatic carbocycles. The number of carboxylic acids is 1. The van der Waals surface area contributed by atoms with Crippen LogP contribution in [-0.4, -0.2) is 35.6 Å². The molecule has 0 heterocycles. The number of amides is 1. The van der Waals surface area contributed by atoms with E-state index in [9.17, 15) is 14.4 Å². The minimum Gasteiger partial charge on any atom is -0.480 e. The van der Waals surface area contributed by atoms with Crippen molar-refractivity contribution in [1.82, 2.24) is 5.32 Å². The second-order valence-electron chi connectivity index (χ2n) is 12.8. The third-order valence-electron chi connectivity index (χ3n) is 8.36. The molecule has 6 heteroatoms. The highest BCUT2D eigenvalue weighted by Gasteiger charge is 2.14. The molecule has 1 atom stereocenters. The van der Waals surface area contributed by atoms with Gasteiger partial charge in [0.2, 0.25) is 5.91 Å². The first kappa shape index (κ1) is 42.9. The molecule has 0 aromatic carbocycles. The summed E-state index contributed by atoms with van der Waals surface area (Å²) < 4.78 is 5.99. The van der Waals surface area contributed by atoms with Crippen LogP contribution >= 0.6 is 0 Å². The number of allylic oxidation sites excluding steroid dienone is 4. The summed E-state index contributed by atoms with van der Waals surface area (Å²) in [6.45, 7) is 4.15. The van der Waals surface area contributed by atoms with Crippen LogP contribution in [0.1, 0.15) is 194 Å². The van der Waals surface area contributed by atoms with Crippen molar-refractivity contribution >= 4 is 17.8 Å². The van der Waals surface area contributed by atoms with Crippen LogP contribution in [0.15, 0.2) is 24.3 Å². The van der Waals surface area contributed by atoms with E-state index < -0.39 is 5.97 Å². The van der Waals surface area contributed by atoms with Crippen molar-refractivity contribution in [3.63, 3.8) is 0 Å². The van der Waals surface area contributed by atoms with E-state index in [-0.39, 0.29) is 24.5 Å². The molecule has 0 aliphatic rings. The van der Waals surface area contributed by atoms with Gasteiger partial charge in [-0.25, -0.2) is 0 Å². The fraction of sp³-hybridized carbons (Fsp3) is 0.821. The van der Waals surface area contributed by atoms with Crippen molar-refractivity contribution in [3.8, 4) is 0 Å². The molecule has 45 heavy (non-hydrogen) atoms. The van der Waals surface area contributed by atoms with Crippen LogP contribution in [-0.2, 0) is 19.1 Å². The Morgan fingerprint density at radius 2 is 1.07 bits per heavy atom. The maximum atomic E-state index is 12.7. The van der Waals surface area contributed by atoms with Gasteiger partial charge in [-0.1, -0.05) is 141 Å². The molecule has 0 bridgehead atoms. The van der Waals surface area contributed by atoms with Crippen LogP contribution in [0.2, 0.25) is 0 Å². The Kier molecular flexibility index (Phi) is 33.1. The molecule has 0 aliphatic heterocycles. The highest BCUT2D eigenvalue weighted by atomic mass is 16.5. The minimum absolute atomic E-state index is 0.0249. The molecule has 2 N–H and O–H groups in total. The molecule has 262 valence electrons. The predicted molar refractivity (Wildman–Crippen MR) is 189 cm³/mol. The number of carboxylic acid groups (broad SMARTS) is 1. The summed E-state index contributed by atoms with van der Waals surface area (Å²) in [5.41, 5.74) is 0. The van der Waals surface area contributed by atoms with Crippen LogP contribution in [0.4, 0.5) is 0 Å². The lowest BCUT2D eigenvalue weighted by Gasteiger charge is -2.18. The van der Waals surface area contributed by atoms with Gasteiger partial charge in [0.25, 0.3) is 0 Å². The second kappa shape index (κ2) is 34.8. The van der Waals surface area contributed by atoms with Gasteiger partial charge in [0, 0.05) is 12.8 Å². The summed E-state index contributed by atoms with van der Waals surface area (Å²) in [6, 6.07) is 0. The topological polar surface area (TPSA) is 92.7 Å². The largest absolute Gasteiger partial charge is 0.480 e. The van der Waals surface area contributed by atoms with Gasteiger partial charge in [0.1, 0.15) is 12.6 Å². The van der Waals surface area contributed by atoms with Crippen LogP contribution < -0.4 is 5.32 Å². The maximum absolute atomic E-state index is 12.7. The maximum Gasteiger partial charge on any atom is 0.322 e. The van der Waals surface area contributed by atoms with E-state index in [2.05, 4.69) is 43.5 Å². The van der Waals surface area contributed by atoms with Crippen molar-refractivity contribution in [2.75, 3.05) is 6.54 Å². The Bertz CT molecular complexity index is 748. The van der Waals surface area contributed by atoms with E-state index in [0.29, 0.717) is 12.8 Å². The molecule has 0 aromatic heterocycles. The normalized spacial score (nSPS) is 12.2. The van der Waals surface area contributed by atoms with Gasteiger partial charge in [-0.15, -0.1) is 0 Å². The highest BCUT2D eigenvalue weighted by molar-refractivity contribution is 5.80. The molecule has 0 spiro atoms. The number of carbonyl (C=O) groups excluding carboxylic acids is 2. The zero-order valence-electron chi connectivity index (χ0n) is 29.5. The Labute approximate surface area is 277 Å². The van der Waals surface area contributed by atoms with Crippen LogP contribution in [0.3, 0.4) is 0 Å². The van der Waals surface area contributed by atoms with E-state index in [1.165, 1.54) is 89.9 Å². The van der Waals surface area contributed by atoms with Gasteiger partial charge in [0.15, 0.2) is 0 Å². The van der Waals surface area contributed by atoms with E-state index in [1.54, 1.807) is 0 Å². The summed E-state index contributed by atoms with van der Waals surface area (Å²) in [4.78, 5) is 34.9. The monoisotopic (exact) mass is 634 g/mol. The molecule has 0 saturated carbocycles. The molecule has 1 unspecified atom stereocenters. The number of hydrogen-bond donors (Lipinski definition) is 2. The average Bonchev–Trinajstić information content (AvgIpc) is 3.02. The first-order valence-electron chi connectivity index (χ1n) is 19.0. The smallest absolute Gasteiger partial charge is 0.322 e. The van der Waals surface area contributed by atoms with Crippen molar-refractivity contribution in [2.24, 2.45) is 0 Å². The Balaban J connectivity index is 4.18. The molecule has 0 fully saturated rings. The molecule has 1 amide bonds. The number of carbonyl (C=O) groups is 3. The number of nitrogens with one attached hydrogen (secondary N) is 1. The lowest BCUT2D eigenvalue weighted by atomic mass is 10.0. The molecular formula is C39H71NO5. The van der Waals surface area contributed by atoms with Gasteiger partial charge in [-0.2, -0.15) is 0 Å². The Hall–Kier alpha value is -2.11. The number of hydrogen-bond acceptors (Lipinski definition) is 4. The second-order valence-corrected chi connectivity index (χ2v) is 12.8. The molecule has 0 aromatic rings. The number of esters is 1. The number of aliphatic carboxylic acids is 1. The fourth-order valence-corrected chi connectivity index (χ4v) is 5.55. The Morgan fingerprint density at radius 3 is 1.62 bits per heavy atom. The van der Waals surface area contributed by atoms with Gasteiger partial charge in [0.05, 0.1) is 0 Å². The molecule has 0 saturated heterocycles. The lowest BCUT2D eigenvalue weighted by Crippen LogP contribution is -2.28. The third kappa shape index (κ3) is 34.6. The minimum atomic E-state index is -1.02. The fourth-order valence-electron chi connectivity index (χ4n) is 5.55. The summed E-state index contributed by atoms with van der Waals surface area (Å²) in [5, 5.41) is 11.1. The summed E-state index contributed by atoms with van der Waals surface area (Å²) in [6.07, 6.45) is 40.0. The lowest BCUT2D eigenvalue weighted by molar-refractivity contribution is -0.150. The van der Waals surface area contributed by atoms with E-state index in [0.717, 1.165) is 77.0 Å². The van der Waals surface area contributed by atoms with Gasteiger partial charge < -0.3 is 15.2 Å². The van der Waals surface area contributed by atoms with Gasteiger partial charge in [-0.05, 0) is 64.2 Å². The van der Waals surface area contributed by atoms with Crippen molar-refractivity contribution in [3.05, 3.63) is 24.3 Å². The number of rotatable bonds is 34. The predicted octanol–water partition coefficient (Wildman–Crippen LogP) is 11.2. The summed E-state index contributed by atoms with van der Waals surface area (Å²) in [5.74, 6) is -1.24. The van der Waals surface area contributed by atoms with Crippen LogP contribution in [0.25, 0.3) is 0 Å². The van der Waals surface area contributed by atoms with E-state index >= 15 is 0 Å². The summed E-state index contributed by atoms with van der Waals surface area (Å²) >= 11 is 0. The quantitative estimate of drug-likeness (QED) is 0.0418. The van der Waals surface area contributed by atoms with Crippen LogP contribution in [0.5, 0.6) is 0 Å². The first-order valence-corrected chi connectivity index (χ1v) is 19.0. The molecule has 0 radical (unpaired) electrons. The molecule has 6 nitrogen and oxygen atoms in total. The van der Waals surface area contributed by atoms with Crippen molar-refractivity contribution in [2.45, 2.75) is 200 Å². The van der Waals surface area contributed by atoms with E-state index in [1.807, 2.05) is 0 Å². The Morgan fingerprint density at radius 1 is 0.578 bits per heavy atom. The van der Waals surface area contributed by atoms with Crippen molar-refractivity contribution in [1.29, 1.82) is 0 Å². The van der Waals surface area contributed by atoms with Gasteiger partial charge >= 0.3 is 11.9 Å². The molecular weight excluding hydrogens is 562 g/mol.